The molecule has 2 N–H and O–H groups in total. The zero-order chi connectivity index (χ0) is 25.6. The van der Waals surface area contributed by atoms with E-state index in [1.807, 2.05) is 32.1 Å². The minimum Gasteiger partial charge on any atom is -0.458 e. The molecule has 3 aliphatic rings. The summed E-state index contributed by atoms with van der Waals surface area (Å²) in [6.07, 6.45) is 9.67. The number of rotatable bonds is 0. The van der Waals surface area contributed by atoms with E-state index in [2.05, 4.69) is 6.08 Å². The van der Waals surface area contributed by atoms with Gasteiger partial charge in [-0.05, 0) is 62.9 Å². The van der Waals surface area contributed by atoms with Gasteiger partial charge in [0.2, 0.25) is 4.33 Å². The van der Waals surface area contributed by atoms with Crippen molar-refractivity contribution in [1.29, 1.82) is 0 Å². The van der Waals surface area contributed by atoms with Crippen molar-refractivity contribution < 1.29 is 24.5 Å². The molecule has 0 radical (unpaired) electrons. The fourth-order valence-electron chi connectivity index (χ4n) is 5.90. The molecule has 0 aromatic carbocycles. The second-order valence-electron chi connectivity index (χ2n) is 10.5. The number of aliphatic hydroxyl groups is 2. The van der Waals surface area contributed by atoms with Gasteiger partial charge in [0.15, 0.2) is 5.78 Å². The fraction of sp³-hybridized carbons (Fsp3) is 0.692. The molecule has 11 atom stereocenters. The average Bonchev–Trinajstić information content (AvgIpc) is 2.77. The third kappa shape index (κ3) is 5.15. The maximum absolute atomic E-state index is 14.1. The number of ether oxygens (including phenoxy) is 1. The topological polar surface area (TPSA) is 83.8 Å². The van der Waals surface area contributed by atoms with E-state index in [0.717, 1.165) is 0 Å². The van der Waals surface area contributed by atoms with Crippen molar-refractivity contribution in [2.45, 2.75) is 68.6 Å². The third-order valence-electron chi connectivity index (χ3n) is 7.88. The predicted molar refractivity (Wildman–Crippen MR) is 135 cm³/mol. The smallest absolute Gasteiger partial charge is 0.311 e. The fourth-order valence-corrected chi connectivity index (χ4v) is 6.78. The van der Waals surface area contributed by atoms with E-state index in [9.17, 15) is 19.8 Å². The number of allylic oxidation sites excluding steroid dienone is 5. The van der Waals surface area contributed by atoms with Gasteiger partial charge in [0.1, 0.15) is 12.2 Å². The number of carbonyl (C=O) groups excluding carboxylic acids is 2. The van der Waals surface area contributed by atoms with Crippen LogP contribution in [0.2, 0.25) is 0 Å². The van der Waals surface area contributed by atoms with Gasteiger partial charge in [0.05, 0.1) is 16.9 Å². The summed E-state index contributed by atoms with van der Waals surface area (Å²) in [5.74, 6) is -3.90. The zero-order valence-electron chi connectivity index (χ0n) is 20.2. The van der Waals surface area contributed by atoms with E-state index in [1.165, 1.54) is 6.92 Å². The van der Waals surface area contributed by atoms with Crippen molar-refractivity contribution in [3.8, 4) is 0 Å². The van der Waals surface area contributed by atoms with Gasteiger partial charge in [-0.1, -0.05) is 67.4 Å². The van der Waals surface area contributed by atoms with Crippen LogP contribution in [0.15, 0.2) is 36.5 Å². The van der Waals surface area contributed by atoms with E-state index >= 15 is 0 Å². The van der Waals surface area contributed by atoms with Crippen LogP contribution in [-0.4, -0.2) is 49.5 Å². The highest BCUT2D eigenvalue weighted by atomic mass is 35.5. The highest BCUT2D eigenvalue weighted by Crippen LogP contribution is 2.54. The lowest BCUT2D eigenvalue weighted by Gasteiger charge is -2.53. The van der Waals surface area contributed by atoms with Gasteiger partial charge < -0.3 is 14.9 Å². The molecule has 0 amide bonds. The molecule has 0 bridgehead atoms. The van der Waals surface area contributed by atoms with Gasteiger partial charge in [-0.25, -0.2) is 0 Å². The molecule has 1 heterocycles. The maximum Gasteiger partial charge on any atom is 0.311 e. The zero-order valence-corrected chi connectivity index (χ0v) is 22.5. The van der Waals surface area contributed by atoms with Gasteiger partial charge in [0, 0.05) is 5.92 Å². The van der Waals surface area contributed by atoms with Crippen molar-refractivity contribution in [3.05, 3.63) is 36.5 Å². The molecule has 1 saturated carbocycles. The molecule has 8 heteroatoms. The summed E-state index contributed by atoms with van der Waals surface area (Å²) in [6.45, 7) is 8.82. The number of hydrogen-bond acceptors (Lipinski definition) is 5. The molecule has 0 aromatic heterocycles. The first-order valence-corrected chi connectivity index (χ1v) is 13.1. The second-order valence-corrected chi connectivity index (χ2v) is 12.4. The largest absolute Gasteiger partial charge is 0.458 e. The van der Waals surface area contributed by atoms with Crippen molar-refractivity contribution in [1.82, 2.24) is 0 Å². The number of ketones is 1. The van der Waals surface area contributed by atoms with E-state index < -0.39 is 51.1 Å². The first kappa shape index (κ1) is 27.7. The molecular formula is C26H35Cl3O5. The number of Topliss-reactive ketones (excluding diaryl/α,β-unsaturated/α-hetero) is 1. The Labute approximate surface area is 217 Å². The number of esters is 1. The van der Waals surface area contributed by atoms with Gasteiger partial charge in [-0.3, -0.25) is 9.59 Å². The molecule has 5 nitrogen and oxygen atoms in total. The van der Waals surface area contributed by atoms with E-state index in [0.29, 0.717) is 6.42 Å². The summed E-state index contributed by atoms with van der Waals surface area (Å²) in [7, 11) is 0. The van der Waals surface area contributed by atoms with E-state index in [-0.39, 0.29) is 29.6 Å². The number of halogens is 3. The first-order chi connectivity index (χ1) is 15.7. The molecule has 0 spiro atoms. The molecule has 0 aromatic rings. The van der Waals surface area contributed by atoms with E-state index in [4.69, 9.17) is 39.5 Å². The number of carbonyl (C=O) groups is 2. The second kappa shape index (κ2) is 10.3. The Morgan fingerprint density at radius 3 is 2.29 bits per heavy atom. The standard InChI is InChI=1S/C26H35Cl3O5/c1-13-8-6-7-9-14(2)34-24(32)16(4)22(30)26(28,29)23(31)20-18(13)11-10-17-12-25(5,33)21(27)15(3)19(17)20/h6-11,13-22,30,33H,12H2,1-5H3/b8-6-,9-7+/t13-,14+,15+,16+,17-,18+,19-,20-,21-,22?,25-/m1/s1. The van der Waals surface area contributed by atoms with Crippen molar-refractivity contribution >= 4 is 46.6 Å². The van der Waals surface area contributed by atoms with Crippen LogP contribution in [0.3, 0.4) is 0 Å². The normalized spacial score (nSPS) is 49.2. The summed E-state index contributed by atoms with van der Waals surface area (Å²) in [6, 6.07) is 0. The van der Waals surface area contributed by atoms with Crippen LogP contribution in [0.1, 0.15) is 41.0 Å². The lowest BCUT2D eigenvalue weighted by Crippen LogP contribution is -2.58. The lowest BCUT2D eigenvalue weighted by molar-refractivity contribution is -0.155. The Morgan fingerprint density at radius 1 is 1.03 bits per heavy atom. The molecule has 190 valence electrons. The van der Waals surface area contributed by atoms with Gasteiger partial charge in [-0.2, -0.15) is 0 Å². The van der Waals surface area contributed by atoms with Crippen LogP contribution >= 0.6 is 34.8 Å². The monoisotopic (exact) mass is 532 g/mol. The van der Waals surface area contributed by atoms with Crippen LogP contribution < -0.4 is 0 Å². The van der Waals surface area contributed by atoms with Crippen molar-refractivity contribution in [2.75, 3.05) is 0 Å². The van der Waals surface area contributed by atoms with Crippen LogP contribution in [0.4, 0.5) is 0 Å². The van der Waals surface area contributed by atoms with Crippen LogP contribution in [0, 0.1) is 41.4 Å². The molecule has 1 unspecified atom stereocenters. The summed E-state index contributed by atoms with van der Waals surface area (Å²) in [5, 5.41) is 21.3. The van der Waals surface area contributed by atoms with Crippen molar-refractivity contribution in [3.63, 3.8) is 0 Å². The predicted octanol–water partition coefficient (Wildman–Crippen LogP) is 4.85. The molecule has 1 fully saturated rings. The highest BCUT2D eigenvalue weighted by Gasteiger charge is 2.58. The molecular weight excluding hydrogens is 499 g/mol. The summed E-state index contributed by atoms with van der Waals surface area (Å²) >= 11 is 19.9. The SMILES string of the molecule is C[C@H]1[C@H]2[C@@H]3C(=O)C(Cl)(Cl)C(O)[C@H](C)C(=O)O[C@@H](C)/C=C/C=C\[C@@H](C)[C@@H]3C=C[C@@H]2C[C@@](C)(O)[C@@H]1Cl. The van der Waals surface area contributed by atoms with E-state index in [1.54, 1.807) is 26.0 Å². The molecule has 2 aliphatic carbocycles. The molecule has 3 rings (SSSR count). The van der Waals surface area contributed by atoms with Crippen LogP contribution in [-0.2, 0) is 14.3 Å². The minimum absolute atomic E-state index is 0.0568. The summed E-state index contributed by atoms with van der Waals surface area (Å²) in [4.78, 5) is 26.7. The van der Waals surface area contributed by atoms with Crippen LogP contribution in [0.5, 0.6) is 0 Å². The minimum atomic E-state index is -2.23. The number of aliphatic hydroxyl groups excluding tert-OH is 1. The number of hydrogen-bond donors (Lipinski definition) is 2. The average molecular weight is 534 g/mol. The Balaban J connectivity index is 2.12. The molecule has 34 heavy (non-hydrogen) atoms. The first-order valence-electron chi connectivity index (χ1n) is 11.9. The van der Waals surface area contributed by atoms with Gasteiger partial charge in [-0.15, -0.1) is 11.6 Å². The Hall–Kier alpha value is -0.850. The highest BCUT2D eigenvalue weighted by molar-refractivity contribution is 6.59. The number of cyclic esters (lactones) is 1. The summed E-state index contributed by atoms with van der Waals surface area (Å²) in [5.41, 5.74) is -1.09. The number of alkyl halides is 3. The Bertz CT molecular complexity index is 880. The van der Waals surface area contributed by atoms with Gasteiger partial charge >= 0.3 is 5.97 Å². The Kier molecular flexibility index (Phi) is 8.37. The number of fused-ring (bicyclic) bond motifs is 3. The molecule has 1 aliphatic heterocycles. The van der Waals surface area contributed by atoms with Crippen LogP contribution in [0.25, 0.3) is 0 Å². The van der Waals surface area contributed by atoms with Gasteiger partial charge in [0.25, 0.3) is 0 Å². The quantitative estimate of drug-likeness (QED) is 0.264. The summed E-state index contributed by atoms with van der Waals surface area (Å²) < 4.78 is 3.14. The lowest BCUT2D eigenvalue weighted by atomic mass is 9.55. The molecule has 0 saturated heterocycles. The van der Waals surface area contributed by atoms with Crippen molar-refractivity contribution in [2.24, 2.45) is 41.4 Å². The third-order valence-corrected chi connectivity index (χ3v) is 9.57. The Morgan fingerprint density at radius 2 is 1.65 bits per heavy atom. The maximum atomic E-state index is 14.1.